The molecule has 7 nitrogen and oxygen atoms in total. The largest absolute Gasteiger partial charge is 0.495 e. The van der Waals surface area contributed by atoms with Gasteiger partial charge in [0.15, 0.2) is 0 Å². The van der Waals surface area contributed by atoms with Crippen molar-refractivity contribution in [3.8, 4) is 11.5 Å². The summed E-state index contributed by atoms with van der Waals surface area (Å²) >= 11 is 0. The Bertz CT molecular complexity index is 868. The van der Waals surface area contributed by atoms with Gasteiger partial charge >= 0.3 is 0 Å². The molecule has 0 aliphatic carbocycles. The van der Waals surface area contributed by atoms with E-state index < -0.39 is 6.10 Å². The molecule has 0 spiro atoms. The number of nitrogens with zero attached hydrogens (tertiary/aromatic N) is 2. The molecular weight excluding hydrogens is 418 g/mol. The average Bonchev–Trinajstić information content (AvgIpc) is 2.84. The molecule has 1 unspecified atom stereocenters. The molecular formula is C26H37N3O4. The van der Waals surface area contributed by atoms with Gasteiger partial charge in [-0.1, -0.05) is 44.0 Å². The Morgan fingerprint density at radius 1 is 1.03 bits per heavy atom. The van der Waals surface area contributed by atoms with Gasteiger partial charge in [0.1, 0.15) is 24.2 Å². The molecule has 1 aliphatic rings. The molecule has 0 saturated carbocycles. The van der Waals surface area contributed by atoms with Crippen LogP contribution in [0.25, 0.3) is 0 Å². The second-order valence-corrected chi connectivity index (χ2v) is 8.43. The van der Waals surface area contributed by atoms with Crippen LogP contribution in [0.15, 0.2) is 48.5 Å². The van der Waals surface area contributed by atoms with Crippen molar-refractivity contribution in [2.24, 2.45) is 0 Å². The number of anilines is 2. The Kier molecular flexibility index (Phi) is 9.84. The molecule has 0 bridgehead atoms. The number of para-hydroxylation sites is 4. The minimum absolute atomic E-state index is 0.00651. The summed E-state index contributed by atoms with van der Waals surface area (Å²) < 4.78 is 11.4. The first-order valence-corrected chi connectivity index (χ1v) is 11.9. The average molecular weight is 456 g/mol. The summed E-state index contributed by atoms with van der Waals surface area (Å²) in [6.45, 7) is 6.31. The first kappa shape index (κ1) is 24.9. The van der Waals surface area contributed by atoms with Gasteiger partial charge in [0.25, 0.3) is 0 Å². The predicted octanol–water partition coefficient (Wildman–Crippen LogP) is 3.78. The standard InChI is InChI=1S/C26H37N3O4/c1-3-4-5-14-26(31)27-22-10-6-8-12-24(22)33-20-21(30)19-28-15-17-29(18-16-28)23-11-7-9-13-25(23)32-2/h6-13,21,30H,3-5,14-20H2,1-2H3,(H,27,31). The second kappa shape index (κ2) is 13.1. The molecule has 1 saturated heterocycles. The summed E-state index contributed by atoms with van der Waals surface area (Å²) in [6.07, 6.45) is 2.90. The lowest BCUT2D eigenvalue weighted by atomic mass is 10.2. The fourth-order valence-corrected chi connectivity index (χ4v) is 4.04. The van der Waals surface area contributed by atoms with Gasteiger partial charge < -0.3 is 24.8 Å². The van der Waals surface area contributed by atoms with Gasteiger partial charge in [-0.05, 0) is 30.7 Å². The Hall–Kier alpha value is -2.77. The number of ether oxygens (including phenoxy) is 2. The molecule has 1 amide bonds. The van der Waals surface area contributed by atoms with Gasteiger partial charge in [0.2, 0.25) is 5.91 Å². The molecule has 3 rings (SSSR count). The number of aliphatic hydroxyl groups is 1. The third kappa shape index (κ3) is 7.65. The Balaban J connectivity index is 1.44. The van der Waals surface area contributed by atoms with Crippen molar-refractivity contribution < 1.29 is 19.4 Å². The van der Waals surface area contributed by atoms with E-state index >= 15 is 0 Å². The molecule has 33 heavy (non-hydrogen) atoms. The molecule has 1 atom stereocenters. The van der Waals surface area contributed by atoms with E-state index in [-0.39, 0.29) is 12.5 Å². The van der Waals surface area contributed by atoms with E-state index in [9.17, 15) is 9.90 Å². The lowest BCUT2D eigenvalue weighted by Crippen LogP contribution is -2.49. The second-order valence-electron chi connectivity index (χ2n) is 8.43. The quantitative estimate of drug-likeness (QED) is 0.475. The Labute approximate surface area is 197 Å². The highest BCUT2D eigenvalue weighted by atomic mass is 16.5. The van der Waals surface area contributed by atoms with E-state index in [0.717, 1.165) is 56.9 Å². The zero-order valence-corrected chi connectivity index (χ0v) is 19.8. The SMILES string of the molecule is CCCCCC(=O)Nc1ccccc1OCC(O)CN1CCN(c2ccccc2OC)CC1. The van der Waals surface area contributed by atoms with Gasteiger partial charge in [-0.2, -0.15) is 0 Å². The minimum Gasteiger partial charge on any atom is -0.495 e. The topological polar surface area (TPSA) is 74.3 Å². The smallest absolute Gasteiger partial charge is 0.224 e. The van der Waals surface area contributed by atoms with Crippen LogP contribution in [0.3, 0.4) is 0 Å². The van der Waals surface area contributed by atoms with E-state index in [2.05, 4.69) is 28.1 Å². The number of carbonyl (C=O) groups is 1. The first-order chi connectivity index (χ1) is 16.1. The molecule has 2 N–H and O–H groups in total. The number of rotatable bonds is 12. The zero-order chi connectivity index (χ0) is 23.5. The zero-order valence-electron chi connectivity index (χ0n) is 19.8. The maximum Gasteiger partial charge on any atom is 0.224 e. The summed E-state index contributed by atoms with van der Waals surface area (Å²) in [5.41, 5.74) is 1.76. The van der Waals surface area contributed by atoms with E-state index in [0.29, 0.717) is 24.4 Å². The normalized spacial score (nSPS) is 15.2. The summed E-state index contributed by atoms with van der Waals surface area (Å²) in [5.74, 6) is 1.46. The molecule has 7 heteroatoms. The minimum atomic E-state index is -0.615. The Morgan fingerprint density at radius 2 is 1.73 bits per heavy atom. The molecule has 1 aliphatic heterocycles. The van der Waals surface area contributed by atoms with E-state index in [1.807, 2.05) is 42.5 Å². The number of hydrogen-bond donors (Lipinski definition) is 2. The van der Waals surface area contributed by atoms with Gasteiger partial charge in [-0.3, -0.25) is 9.69 Å². The van der Waals surface area contributed by atoms with E-state index in [1.54, 1.807) is 7.11 Å². The fourth-order valence-electron chi connectivity index (χ4n) is 4.04. The van der Waals surface area contributed by atoms with Crippen molar-refractivity contribution in [2.75, 3.05) is 56.7 Å². The highest BCUT2D eigenvalue weighted by Gasteiger charge is 2.21. The summed E-state index contributed by atoms with van der Waals surface area (Å²) in [4.78, 5) is 16.7. The van der Waals surface area contributed by atoms with Crippen molar-refractivity contribution in [3.63, 3.8) is 0 Å². The molecule has 2 aromatic carbocycles. The number of piperazine rings is 1. The van der Waals surface area contributed by atoms with Crippen molar-refractivity contribution in [1.29, 1.82) is 0 Å². The monoisotopic (exact) mass is 455 g/mol. The number of unbranched alkanes of at least 4 members (excludes halogenated alkanes) is 2. The molecule has 1 fully saturated rings. The van der Waals surface area contributed by atoms with Crippen LogP contribution in [0.4, 0.5) is 11.4 Å². The molecule has 180 valence electrons. The van der Waals surface area contributed by atoms with Crippen molar-refractivity contribution in [2.45, 2.75) is 38.7 Å². The number of amides is 1. The lowest BCUT2D eigenvalue weighted by molar-refractivity contribution is -0.116. The van der Waals surface area contributed by atoms with Gasteiger partial charge in [0.05, 0.1) is 18.5 Å². The highest BCUT2D eigenvalue weighted by molar-refractivity contribution is 5.92. The van der Waals surface area contributed by atoms with Crippen molar-refractivity contribution in [1.82, 2.24) is 4.90 Å². The summed E-state index contributed by atoms with van der Waals surface area (Å²) in [5, 5.41) is 13.5. The number of carbonyl (C=O) groups excluding carboxylic acids is 1. The van der Waals surface area contributed by atoms with Crippen LogP contribution in [-0.4, -0.2) is 68.5 Å². The highest BCUT2D eigenvalue weighted by Crippen LogP contribution is 2.28. The number of methoxy groups -OCH3 is 1. The number of β-amino-alcohol motifs (C(OH)–C–C–N with tert-alkyl or cyclic N) is 1. The van der Waals surface area contributed by atoms with E-state index in [1.165, 1.54) is 0 Å². The van der Waals surface area contributed by atoms with Gasteiger partial charge in [-0.25, -0.2) is 0 Å². The summed E-state index contributed by atoms with van der Waals surface area (Å²) in [7, 11) is 1.70. The molecule has 1 heterocycles. The predicted molar refractivity (Wildman–Crippen MR) is 132 cm³/mol. The number of hydrogen-bond acceptors (Lipinski definition) is 6. The third-order valence-electron chi connectivity index (χ3n) is 5.87. The molecule has 2 aromatic rings. The molecule has 0 aromatic heterocycles. The van der Waals surface area contributed by atoms with Crippen LogP contribution >= 0.6 is 0 Å². The molecule has 0 radical (unpaired) electrons. The number of benzene rings is 2. The third-order valence-corrected chi connectivity index (χ3v) is 5.87. The first-order valence-electron chi connectivity index (χ1n) is 11.9. The maximum absolute atomic E-state index is 12.2. The van der Waals surface area contributed by atoms with Crippen LogP contribution in [0.5, 0.6) is 11.5 Å². The summed E-state index contributed by atoms with van der Waals surface area (Å²) in [6, 6.07) is 15.4. The van der Waals surface area contributed by atoms with Crippen LogP contribution in [0.1, 0.15) is 32.6 Å². The van der Waals surface area contributed by atoms with E-state index in [4.69, 9.17) is 9.47 Å². The van der Waals surface area contributed by atoms with Crippen LogP contribution in [0.2, 0.25) is 0 Å². The Morgan fingerprint density at radius 3 is 2.45 bits per heavy atom. The van der Waals surface area contributed by atoms with Crippen LogP contribution in [0, 0.1) is 0 Å². The maximum atomic E-state index is 12.2. The van der Waals surface area contributed by atoms with Crippen LogP contribution in [-0.2, 0) is 4.79 Å². The fraction of sp³-hybridized carbons (Fsp3) is 0.500. The number of nitrogens with one attached hydrogen (secondary N) is 1. The van der Waals surface area contributed by atoms with Gasteiger partial charge in [0, 0.05) is 39.1 Å². The van der Waals surface area contributed by atoms with Crippen molar-refractivity contribution >= 4 is 17.3 Å². The van der Waals surface area contributed by atoms with Crippen molar-refractivity contribution in [3.05, 3.63) is 48.5 Å². The number of aliphatic hydroxyl groups excluding tert-OH is 1. The van der Waals surface area contributed by atoms with Crippen LogP contribution < -0.4 is 19.7 Å². The van der Waals surface area contributed by atoms with Gasteiger partial charge in [-0.15, -0.1) is 0 Å². The lowest BCUT2D eigenvalue weighted by Gasteiger charge is -2.37.